The summed E-state index contributed by atoms with van der Waals surface area (Å²) in [7, 11) is 3.45. The number of hydrogen-bond donors (Lipinski definition) is 1. The van der Waals surface area contributed by atoms with Gasteiger partial charge in [-0.05, 0) is 49.9 Å². The van der Waals surface area contributed by atoms with Gasteiger partial charge in [0.2, 0.25) is 5.91 Å². The number of rotatable bonds is 6. The summed E-state index contributed by atoms with van der Waals surface area (Å²) in [5, 5.41) is 4.12. The van der Waals surface area contributed by atoms with Crippen molar-refractivity contribution in [2.45, 2.75) is 37.8 Å². The summed E-state index contributed by atoms with van der Waals surface area (Å²) in [4.78, 5) is 24.9. The minimum atomic E-state index is -0.435. The van der Waals surface area contributed by atoms with E-state index in [1.807, 2.05) is 13.1 Å². The molecule has 1 saturated carbocycles. The molecule has 0 spiro atoms. The summed E-state index contributed by atoms with van der Waals surface area (Å²) < 4.78 is 26.3. The van der Waals surface area contributed by atoms with E-state index in [1.165, 1.54) is 24.5 Å². The number of piperazine rings is 1. The van der Waals surface area contributed by atoms with Gasteiger partial charge in [-0.25, -0.2) is 14.4 Å². The van der Waals surface area contributed by atoms with Gasteiger partial charge in [-0.15, -0.1) is 0 Å². The van der Waals surface area contributed by atoms with Gasteiger partial charge in [0, 0.05) is 42.7 Å². The molecule has 8 nitrogen and oxygen atoms in total. The zero-order valence-corrected chi connectivity index (χ0v) is 21.1. The van der Waals surface area contributed by atoms with Crippen LogP contribution in [-0.2, 0) is 4.79 Å². The molecule has 2 heterocycles. The van der Waals surface area contributed by atoms with Crippen molar-refractivity contribution in [2.24, 2.45) is 0 Å². The van der Waals surface area contributed by atoms with Crippen molar-refractivity contribution in [3.8, 4) is 11.5 Å². The van der Waals surface area contributed by atoms with Gasteiger partial charge in [-0.1, -0.05) is 11.6 Å². The Hall–Kier alpha value is -3.17. The van der Waals surface area contributed by atoms with E-state index < -0.39 is 5.82 Å². The van der Waals surface area contributed by atoms with E-state index in [0.717, 1.165) is 38.8 Å². The van der Waals surface area contributed by atoms with Crippen molar-refractivity contribution in [3.63, 3.8) is 0 Å². The number of benzene rings is 2. The molecule has 3 aromatic rings. The highest BCUT2D eigenvalue weighted by Gasteiger charge is 2.31. The first-order chi connectivity index (χ1) is 17.4. The fourth-order valence-corrected chi connectivity index (χ4v) is 5.10. The smallest absolute Gasteiger partial charge is 0.236 e. The standard InChI is InChI=1S/C26H29ClFN5O3/c1-32-9-10-33(14-25(32)34)17-4-6-18(7-5-17)36-24-12-19-21(13-23(24)35-2)29-15-30-26(19)31-22-11-16(27)3-8-20(22)28/h3,8,11-13,15,17-18H,4-7,9-10,14H2,1-2H3,(H,29,30,31)/t17-,18-. The normalized spacial score (nSPS) is 21.0. The number of nitrogens with zero attached hydrogens (tertiary/aromatic N) is 4. The highest BCUT2D eigenvalue weighted by Crippen LogP contribution is 2.37. The maximum atomic E-state index is 14.3. The Kier molecular flexibility index (Phi) is 7.11. The van der Waals surface area contributed by atoms with Crippen LogP contribution in [0.25, 0.3) is 10.9 Å². The fourth-order valence-electron chi connectivity index (χ4n) is 4.93. The quantitative estimate of drug-likeness (QED) is 0.514. The molecule has 0 radical (unpaired) electrons. The number of ether oxygens (including phenoxy) is 2. The number of halogens is 2. The largest absolute Gasteiger partial charge is 0.493 e. The van der Waals surface area contributed by atoms with Crippen LogP contribution in [0.1, 0.15) is 25.7 Å². The van der Waals surface area contributed by atoms with Gasteiger partial charge in [-0.3, -0.25) is 9.69 Å². The molecule has 1 aliphatic carbocycles. The van der Waals surface area contributed by atoms with Crippen LogP contribution in [0.15, 0.2) is 36.7 Å². The predicted octanol–water partition coefficient (Wildman–Crippen LogP) is 4.64. The average molecular weight is 514 g/mol. The van der Waals surface area contributed by atoms with Gasteiger partial charge in [-0.2, -0.15) is 0 Å². The van der Waals surface area contributed by atoms with Crippen molar-refractivity contribution in [1.82, 2.24) is 19.8 Å². The molecular formula is C26H29ClFN5O3. The third-order valence-electron chi connectivity index (χ3n) is 7.04. The number of carbonyl (C=O) groups is 1. The number of fused-ring (bicyclic) bond motifs is 1. The van der Waals surface area contributed by atoms with Crippen LogP contribution in [0, 0.1) is 5.82 Å². The molecule has 1 aliphatic heterocycles. The highest BCUT2D eigenvalue weighted by atomic mass is 35.5. The molecule has 0 atom stereocenters. The molecule has 1 saturated heterocycles. The number of likely N-dealkylation sites (N-methyl/N-ethyl adjacent to an activating group) is 1. The van der Waals surface area contributed by atoms with Gasteiger partial charge in [0.1, 0.15) is 18.0 Å². The van der Waals surface area contributed by atoms with Gasteiger partial charge >= 0.3 is 0 Å². The number of aromatic nitrogens is 2. The highest BCUT2D eigenvalue weighted by molar-refractivity contribution is 6.30. The Morgan fingerprint density at radius 3 is 2.64 bits per heavy atom. The van der Waals surface area contributed by atoms with Crippen molar-refractivity contribution >= 4 is 39.9 Å². The van der Waals surface area contributed by atoms with Crippen LogP contribution in [0.3, 0.4) is 0 Å². The number of amides is 1. The molecule has 2 aliphatic rings. The van der Waals surface area contributed by atoms with E-state index in [2.05, 4.69) is 20.2 Å². The molecule has 5 rings (SSSR count). The number of carbonyl (C=O) groups excluding carboxylic acids is 1. The molecule has 0 bridgehead atoms. The lowest BCUT2D eigenvalue weighted by atomic mass is 9.91. The van der Waals surface area contributed by atoms with E-state index in [4.69, 9.17) is 21.1 Å². The lowest BCUT2D eigenvalue weighted by molar-refractivity contribution is -0.135. The summed E-state index contributed by atoms with van der Waals surface area (Å²) in [5.74, 6) is 1.36. The van der Waals surface area contributed by atoms with Crippen LogP contribution in [-0.4, -0.2) is 71.6 Å². The Morgan fingerprint density at radius 1 is 1.08 bits per heavy atom. The summed E-state index contributed by atoms with van der Waals surface area (Å²) >= 11 is 6.05. The van der Waals surface area contributed by atoms with Crippen molar-refractivity contribution in [2.75, 3.05) is 39.1 Å². The minimum absolute atomic E-state index is 0.0298. The number of methoxy groups -OCH3 is 1. The first-order valence-corrected chi connectivity index (χ1v) is 12.5. The summed E-state index contributed by atoms with van der Waals surface area (Å²) in [5.41, 5.74) is 0.865. The molecule has 1 N–H and O–H groups in total. The predicted molar refractivity (Wildman–Crippen MR) is 137 cm³/mol. The molecule has 36 heavy (non-hydrogen) atoms. The van der Waals surface area contributed by atoms with Crippen LogP contribution >= 0.6 is 11.6 Å². The van der Waals surface area contributed by atoms with Gasteiger partial charge < -0.3 is 19.7 Å². The Balaban J connectivity index is 1.33. The van der Waals surface area contributed by atoms with Gasteiger partial charge in [0.25, 0.3) is 0 Å². The van der Waals surface area contributed by atoms with Crippen LogP contribution < -0.4 is 14.8 Å². The van der Waals surface area contributed by atoms with E-state index >= 15 is 0 Å². The van der Waals surface area contributed by atoms with E-state index in [0.29, 0.717) is 45.8 Å². The summed E-state index contributed by atoms with van der Waals surface area (Å²) in [6.45, 7) is 2.19. The van der Waals surface area contributed by atoms with Crippen molar-refractivity contribution in [1.29, 1.82) is 0 Å². The maximum absolute atomic E-state index is 14.3. The molecule has 0 unspecified atom stereocenters. The first kappa shape index (κ1) is 24.5. The number of hydrogen-bond acceptors (Lipinski definition) is 7. The number of nitrogens with one attached hydrogen (secondary N) is 1. The number of anilines is 2. The topological polar surface area (TPSA) is 79.8 Å². The minimum Gasteiger partial charge on any atom is -0.493 e. The van der Waals surface area contributed by atoms with E-state index in [9.17, 15) is 9.18 Å². The summed E-state index contributed by atoms with van der Waals surface area (Å²) in [6.07, 6.45) is 5.16. The Bertz CT molecular complexity index is 1270. The molecule has 190 valence electrons. The summed E-state index contributed by atoms with van der Waals surface area (Å²) in [6, 6.07) is 8.35. The van der Waals surface area contributed by atoms with Gasteiger partial charge in [0.05, 0.1) is 31.0 Å². The maximum Gasteiger partial charge on any atom is 0.236 e. The SMILES string of the molecule is COc1cc2ncnc(Nc3cc(Cl)ccc3F)c2cc1O[C@H]1CC[C@H](N2CCN(C)C(=O)C2)CC1. The third-order valence-corrected chi connectivity index (χ3v) is 7.28. The lowest BCUT2D eigenvalue weighted by Gasteiger charge is -2.40. The zero-order valence-electron chi connectivity index (χ0n) is 20.3. The fraction of sp³-hybridized carbons (Fsp3) is 0.423. The van der Waals surface area contributed by atoms with Crippen LogP contribution in [0.2, 0.25) is 5.02 Å². The van der Waals surface area contributed by atoms with Gasteiger partial charge in [0.15, 0.2) is 11.5 Å². The third kappa shape index (κ3) is 5.17. The molecule has 1 aromatic heterocycles. The van der Waals surface area contributed by atoms with E-state index in [-0.39, 0.29) is 17.7 Å². The van der Waals surface area contributed by atoms with Crippen LogP contribution in [0.4, 0.5) is 15.9 Å². The van der Waals surface area contributed by atoms with Crippen LogP contribution in [0.5, 0.6) is 11.5 Å². The molecule has 2 fully saturated rings. The van der Waals surface area contributed by atoms with Crippen molar-refractivity contribution in [3.05, 3.63) is 47.5 Å². The molecule has 10 heteroatoms. The van der Waals surface area contributed by atoms with Crippen molar-refractivity contribution < 1.29 is 18.7 Å². The average Bonchev–Trinajstić information content (AvgIpc) is 2.88. The second-order valence-corrected chi connectivity index (χ2v) is 9.76. The molecular weight excluding hydrogens is 485 g/mol. The van der Waals surface area contributed by atoms with E-state index in [1.54, 1.807) is 18.1 Å². The second kappa shape index (κ2) is 10.4. The monoisotopic (exact) mass is 513 g/mol. The molecule has 1 amide bonds. The Labute approximate surface area is 214 Å². The first-order valence-electron chi connectivity index (χ1n) is 12.1. The zero-order chi connectivity index (χ0) is 25.2. The Morgan fingerprint density at radius 2 is 1.89 bits per heavy atom. The molecule has 2 aromatic carbocycles. The second-order valence-electron chi connectivity index (χ2n) is 9.33. The lowest BCUT2D eigenvalue weighted by Crippen LogP contribution is -2.53.